The van der Waals surface area contributed by atoms with E-state index in [4.69, 9.17) is 11.6 Å². The topological polar surface area (TPSA) is 54.3 Å². The monoisotopic (exact) mass is 346 g/mol. The van der Waals surface area contributed by atoms with Crippen molar-refractivity contribution in [2.45, 2.75) is 6.04 Å². The first-order valence-corrected chi connectivity index (χ1v) is 8.59. The van der Waals surface area contributed by atoms with E-state index in [0.717, 1.165) is 16.6 Å². The molecule has 1 heterocycles. The molecule has 1 aromatic heterocycles. The van der Waals surface area contributed by atoms with Crippen LogP contribution in [0.2, 0.25) is 5.02 Å². The maximum absolute atomic E-state index is 11.9. The van der Waals surface area contributed by atoms with E-state index in [1.54, 1.807) is 28.8 Å². The van der Waals surface area contributed by atoms with Crippen LogP contribution in [0.1, 0.15) is 11.6 Å². The standard InChI is InChI=1S/C17H15ClN2O2S/c1-23-19-14-3-2-4-15-13(14)9-10-20(15)16(17(21)22)11-5-7-12(18)8-6-11/h2-10,16,19H,1H3,(H,21,22). The van der Waals surface area contributed by atoms with Crippen molar-refractivity contribution in [1.82, 2.24) is 4.57 Å². The van der Waals surface area contributed by atoms with Gasteiger partial charge in [0.25, 0.3) is 0 Å². The van der Waals surface area contributed by atoms with Crippen LogP contribution in [0.25, 0.3) is 10.9 Å². The molecule has 0 aliphatic heterocycles. The van der Waals surface area contributed by atoms with Crippen LogP contribution in [0.15, 0.2) is 54.7 Å². The van der Waals surface area contributed by atoms with E-state index in [-0.39, 0.29) is 0 Å². The number of carboxylic acids is 1. The van der Waals surface area contributed by atoms with E-state index in [1.165, 1.54) is 11.9 Å². The molecule has 0 radical (unpaired) electrons. The lowest BCUT2D eigenvalue weighted by atomic mass is 10.1. The van der Waals surface area contributed by atoms with Gasteiger partial charge in [0.05, 0.1) is 11.2 Å². The summed E-state index contributed by atoms with van der Waals surface area (Å²) in [6.07, 6.45) is 3.76. The number of aromatic nitrogens is 1. The second-order valence-corrected chi connectivity index (χ2v) is 6.11. The molecule has 0 aliphatic carbocycles. The third-order valence-electron chi connectivity index (χ3n) is 3.67. The van der Waals surface area contributed by atoms with Gasteiger partial charge < -0.3 is 14.4 Å². The SMILES string of the molecule is CSNc1cccc2c1ccn2C(C(=O)O)c1ccc(Cl)cc1. The third-order valence-corrected chi connectivity index (χ3v) is 4.35. The van der Waals surface area contributed by atoms with Gasteiger partial charge in [0.1, 0.15) is 0 Å². The summed E-state index contributed by atoms with van der Waals surface area (Å²) < 4.78 is 4.99. The first-order chi connectivity index (χ1) is 11.1. The largest absolute Gasteiger partial charge is 0.479 e. The Balaban J connectivity index is 2.14. The number of nitrogens with one attached hydrogen (secondary N) is 1. The molecule has 0 aliphatic rings. The van der Waals surface area contributed by atoms with Crippen LogP contribution in [0.5, 0.6) is 0 Å². The smallest absolute Gasteiger partial charge is 0.331 e. The van der Waals surface area contributed by atoms with Crippen LogP contribution in [0, 0.1) is 0 Å². The normalized spacial score (nSPS) is 12.3. The van der Waals surface area contributed by atoms with Crippen molar-refractivity contribution < 1.29 is 9.90 Å². The van der Waals surface area contributed by atoms with Crippen LogP contribution in [0.4, 0.5) is 5.69 Å². The second kappa shape index (κ2) is 6.56. The summed E-state index contributed by atoms with van der Waals surface area (Å²) in [6, 6.07) is 13.9. The molecule has 0 spiro atoms. The lowest BCUT2D eigenvalue weighted by Gasteiger charge is -2.17. The van der Waals surface area contributed by atoms with Crippen molar-refractivity contribution >= 4 is 46.1 Å². The molecule has 118 valence electrons. The lowest BCUT2D eigenvalue weighted by Crippen LogP contribution is -2.19. The van der Waals surface area contributed by atoms with Gasteiger partial charge in [0.2, 0.25) is 0 Å². The number of fused-ring (bicyclic) bond motifs is 1. The molecule has 0 amide bonds. The Morgan fingerprint density at radius 1 is 1.22 bits per heavy atom. The molecule has 0 fully saturated rings. The minimum Gasteiger partial charge on any atom is -0.479 e. The number of hydrogen-bond acceptors (Lipinski definition) is 3. The van der Waals surface area contributed by atoms with Crippen LogP contribution >= 0.6 is 23.5 Å². The molecule has 6 heteroatoms. The highest BCUT2D eigenvalue weighted by Crippen LogP contribution is 2.31. The van der Waals surface area contributed by atoms with Crippen LogP contribution in [0.3, 0.4) is 0 Å². The lowest BCUT2D eigenvalue weighted by molar-refractivity contribution is -0.139. The van der Waals surface area contributed by atoms with Gasteiger partial charge in [0, 0.05) is 22.9 Å². The summed E-state index contributed by atoms with van der Waals surface area (Å²) in [6.45, 7) is 0. The molecule has 0 saturated heterocycles. The molecule has 2 N–H and O–H groups in total. The summed E-state index contributed by atoms with van der Waals surface area (Å²) in [5.74, 6) is -0.909. The summed E-state index contributed by atoms with van der Waals surface area (Å²) in [5, 5.41) is 11.3. The van der Waals surface area contributed by atoms with Gasteiger partial charge in [-0.25, -0.2) is 4.79 Å². The van der Waals surface area contributed by atoms with Crippen molar-refractivity contribution in [3.05, 3.63) is 65.3 Å². The number of benzene rings is 2. The molecule has 1 atom stereocenters. The number of anilines is 1. The Morgan fingerprint density at radius 3 is 2.61 bits per heavy atom. The molecule has 2 aromatic carbocycles. The molecular formula is C17H15ClN2O2S. The van der Waals surface area contributed by atoms with Crippen LogP contribution in [-0.2, 0) is 4.79 Å². The van der Waals surface area contributed by atoms with Gasteiger partial charge >= 0.3 is 5.97 Å². The molecule has 4 nitrogen and oxygen atoms in total. The zero-order valence-corrected chi connectivity index (χ0v) is 13.9. The number of nitrogens with zero attached hydrogens (tertiary/aromatic N) is 1. The van der Waals surface area contributed by atoms with Crippen LogP contribution < -0.4 is 4.72 Å². The number of halogens is 1. The number of carbonyl (C=O) groups is 1. The van der Waals surface area contributed by atoms with E-state index in [0.29, 0.717) is 10.6 Å². The highest BCUT2D eigenvalue weighted by atomic mass is 35.5. The van der Waals surface area contributed by atoms with Gasteiger partial charge in [-0.1, -0.05) is 41.7 Å². The predicted molar refractivity (Wildman–Crippen MR) is 96.3 cm³/mol. The van der Waals surface area contributed by atoms with E-state index in [2.05, 4.69) is 4.72 Å². The fraction of sp³-hybridized carbons (Fsp3) is 0.118. The first-order valence-electron chi connectivity index (χ1n) is 6.98. The Bertz CT molecular complexity index is 845. The Morgan fingerprint density at radius 2 is 1.96 bits per heavy atom. The van der Waals surface area contributed by atoms with Crippen molar-refractivity contribution in [3.63, 3.8) is 0 Å². The van der Waals surface area contributed by atoms with Crippen molar-refractivity contribution in [1.29, 1.82) is 0 Å². The highest BCUT2D eigenvalue weighted by molar-refractivity contribution is 7.99. The van der Waals surface area contributed by atoms with Crippen molar-refractivity contribution in [3.8, 4) is 0 Å². The molecule has 1 unspecified atom stereocenters. The minimum atomic E-state index is -0.909. The van der Waals surface area contributed by atoms with Gasteiger partial charge in [-0.05, 0) is 35.9 Å². The van der Waals surface area contributed by atoms with Crippen molar-refractivity contribution in [2.75, 3.05) is 11.0 Å². The number of hydrogen-bond donors (Lipinski definition) is 2. The Labute approximate surface area is 143 Å². The van der Waals surface area contributed by atoms with Gasteiger partial charge in [0.15, 0.2) is 6.04 Å². The quantitative estimate of drug-likeness (QED) is 0.660. The van der Waals surface area contributed by atoms with E-state index < -0.39 is 12.0 Å². The van der Waals surface area contributed by atoms with E-state index in [9.17, 15) is 9.90 Å². The third kappa shape index (κ3) is 3.02. The molecule has 23 heavy (non-hydrogen) atoms. The van der Waals surface area contributed by atoms with Gasteiger partial charge in [-0.15, -0.1) is 0 Å². The average molecular weight is 347 g/mol. The molecule has 0 bridgehead atoms. The second-order valence-electron chi connectivity index (χ2n) is 5.06. The molecule has 3 rings (SSSR count). The molecular weight excluding hydrogens is 332 g/mol. The summed E-state index contributed by atoms with van der Waals surface area (Å²) in [7, 11) is 0. The van der Waals surface area contributed by atoms with E-state index in [1.807, 2.05) is 36.7 Å². The summed E-state index contributed by atoms with van der Waals surface area (Å²) >= 11 is 7.41. The minimum absolute atomic E-state index is 0.585. The number of aliphatic carboxylic acids is 1. The van der Waals surface area contributed by atoms with Crippen LogP contribution in [-0.4, -0.2) is 21.9 Å². The Kier molecular flexibility index (Phi) is 4.50. The zero-order chi connectivity index (χ0) is 16.4. The molecule has 3 aromatic rings. The predicted octanol–water partition coefficient (Wildman–Crippen LogP) is 4.66. The maximum atomic E-state index is 11.9. The van der Waals surface area contributed by atoms with E-state index >= 15 is 0 Å². The van der Waals surface area contributed by atoms with Gasteiger partial charge in [-0.2, -0.15) is 0 Å². The molecule has 0 saturated carbocycles. The fourth-order valence-corrected chi connectivity index (χ4v) is 3.20. The van der Waals surface area contributed by atoms with Crippen molar-refractivity contribution in [2.24, 2.45) is 0 Å². The first kappa shape index (κ1) is 15.8. The number of carboxylic acid groups (broad SMARTS) is 1. The zero-order valence-electron chi connectivity index (χ0n) is 12.4. The fourth-order valence-electron chi connectivity index (χ4n) is 2.68. The van der Waals surface area contributed by atoms with Gasteiger partial charge in [-0.3, -0.25) is 0 Å². The highest BCUT2D eigenvalue weighted by Gasteiger charge is 2.23. The number of rotatable bonds is 5. The average Bonchev–Trinajstić information content (AvgIpc) is 2.94. The summed E-state index contributed by atoms with van der Waals surface area (Å²) in [5.41, 5.74) is 2.52. The Hall–Kier alpha value is -2.11. The maximum Gasteiger partial charge on any atom is 0.331 e. The summed E-state index contributed by atoms with van der Waals surface area (Å²) in [4.78, 5) is 11.9.